The third-order valence-electron chi connectivity index (χ3n) is 5.26. The predicted octanol–water partition coefficient (Wildman–Crippen LogP) is 3.51. The highest BCUT2D eigenvalue weighted by Gasteiger charge is 2.24. The Morgan fingerprint density at radius 3 is 2.50 bits per heavy atom. The molecule has 1 amide bonds. The van der Waals surface area contributed by atoms with E-state index >= 15 is 0 Å². The van der Waals surface area contributed by atoms with Crippen LogP contribution in [0.15, 0.2) is 71.6 Å². The first-order valence-corrected chi connectivity index (χ1v) is 11.8. The van der Waals surface area contributed by atoms with Crippen molar-refractivity contribution in [1.29, 1.82) is 0 Å². The maximum atomic E-state index is 13.1. The maximum absolute atomic E-state index is 13.1. The summed E-state index contributed by atoms with van der Waals surface area (Å²) in [5.41, 5.74) is 2.53. The molecule has 0 aliphatic carbocycles. The average Bonchev–Trinajstić information content (AvgIpc) is 3.28. The van der Waals surface area contributed by atoms with Crippen LogP contribution in [0.3, 0.4) is 0 Å². The van der Waals surface area contributed by atoms with E-state index in [-0.39, 0.29) is 11.4 Å². The second-order valence-corrected chi connectivity index (χ2v) is 9.55. The molecule has 0 saturated carbocycles. The number of benzene rings is 3. The second kappa shape index (κ2) is 9.54. The molecule has 0 bridgehead atoms. The minimum absolute atomic E-state index is 0.0561. The van der Waals surface area contributed by atoms with Crippen molar-refractivity contribution in [3.05, 3.63) is 66.7 Å². The van der Waals surface area contributed by atoms with Crippen LogP contribution in [0.2, 0.25) is 0 Å². The number of methoxy groups -OCH3 is 2. The molecule has 10 heteroatoms. The molecule has 0 saturated heterocycles. The lowest BCUT2D eigenvalue weighted by Crippen LogP contribution is -2.35. The van der Waals surface area contributed by atoms with Gasteiger partial charge in [-0.05, 0) is 30.3 Å². The highest BCUT2D eigenvalue weighted by atomic mass is 32.2. The number of hydrogen-bond donors (Lipinski definition) is 2. The van der Waals surface area contributed by atoms with Crippen molar-refractivity contribution in [1.82, 2.24) is 14.3 Å². The largest absolute Gasteiger partial charge is 0.497 e. The van der Waals surface area contributed by atoms with E-state index in [0.29, 0.717) is 34.0 Å². The van der Waals surface area contributed by atoms with Gasteiger partial charge in [0.15, 0.2) is 0 Å². The van der Waals surface area contributed by atoms with Crippen LogP contribution in [-0.2, 0) is 14.8 Å². The van der Waals surface area contributed by atoms with Crippen molar-refractivity contribution < 1.29 is 22.7 Å². The number of nitrogens with one attached hydrogen (secondary N) is 2. The van der Waals surface area contributed by atoms with Crippen LogP contribution >= 0.6 is 0 Å². The first-order valence-electron chi connectivity index (χ1n) is 10.3. The Labute approximate surface area is 197 Å². The number of aromatic amines is 1. The molecular formula is C24H24N4O5S. The molecule has 4 aromatic rings. The van der Waals surface area contributed by atoms with E-state index in [1.807, 2.05) is 30.3 Å². The number of nitrogens with zero attached hydrogens (tertiary/aromatic N) is 2. The molecule has 34 heavy (non-hydrogen) atoms. The fraction of sp³-hybridized carbons (Fsp3) is 0.167. The third kappa shape index (κ3) is 4.73. The van der Waals surface area contributed by atoms with E-state index < -0.39 is 15.9 Å². The summed E-state index contributed by atoms with van der Waals surface area (Å²) in [4.78, 5) is 20.3. The number of rotatable bonds is 8. The van der Waals surface area contributed by atoms with E-state index in [1.54, 1.807) is 24.3 Å². The minimum Gasteiger partial charge on any atom is -0.497 e. The smallest absolute Gasteiger partial charge is 0.243 e. The Hall–Kier alpha value is -3.89. The molecule has 1 heterocycles. The summed E-state index contributed by atoms with van der Waals surface area (Å²) in [5, 5.41) is 2.68. The Morgan fingerprint density at radius 2 is 1.79 bits per heavy atom. The Kier molecular flexibility index (Phi) is 6.53. The van der Waals surface area contributed by atoms with Gasteiger partial charge in [-0.1, -0.05) is 30.3 Å². The van der Waals surface area contributed by atoms with E-state index in [1.165, 1.54) is 33.4 Å². The molecule has 0 fully saturated rings. The number of fused-ring (bicyclic) bond motifs is 1. The zero-order valence-electron chi connectivity index (χ0n) is 18.9. The number of aromatic nitrogens is 2. The zero-order valence-corrected chi connectivity index (χ0v) is 19.7. The van der Waals surface area contributed by atoms with Gasteiger partial charge in [0.2, 0.25) is 15.9 Å². The van der Waals surface area contributed by atoms with Crippen molar-refractivity contribution in [3.63, 3.8) is 0 Å². The SMILES string of the molecule is COc1ccc(NC(=O)CN(C)S(=O)(=O)c2ccc3nc(-c4ccccc4)[nH]c3c2)c(OC)c1. The number of ether oxygens (including phenoxy) is 2. The van der Waals surface area contributed by atoms with Gasteiger partial charge in [0.25, 0.3) is 0 Å². The summed E-state index contributed by atoms with van der Waals surface area (Å²) in [6.07, 6.45) is 0. The normalized spacial score (nSPS) is 11.5. The molecule has 0 unspecified atom stereocenters. The number of H-pyrrole nitrogens is 1. The lowest BCUT2D eigenvalue weighted by molar-refractivity contribution is -0.116. The summed E-state index contributed by atoms with van der Waals surface area (Å²) >= 11 is 0. The molecule has 4 rings (SSSR count). The van der Waals surface area contributed by atoms with Crippen molar-refractivity contribution in [2.45, 2.75) is 4.90 Å². The number of sulfonamides is 1. The molecule has 9 nitrogen and oxygen atoms in total. The summed E-state index contributed by atoms with van der Waals surface area (Å²) in [6, 6.07) is 19.1. The van der Waals surface area contributed by atoms with Crippen molar-refractivity contribution in [2.75, 3.05) is 33.1 Å². The highest BCUT2D eigenvalue weighted by Crippen LogP contribution is 2.29. The molecule has 176 valence electrons. The number of amides is 1. The highest BCUT2D eigenvalue weighted by molar-refractivity contribution is 7.89. The van der Waals surface area contributed by atoms with Crippen LogP contribution in [0.25, 0.3) is 22.4 Å². The monoisotopic (exact) mass is 480 g/mol. The van der Waals surface area contributed by atoms with Gasteiger partial charge >= 0.3 is 0 Å². The van der Waals surface area contributed by atoms with Crippen LogP contribution in [0.5, 0.6) is 11.5 Å². The number of hydrogen-bond acceptors (Lipinski definition) is 6. The number of imidazole rings is 1. The van der Waals surface area contributed by atoms with Crippen LogP contribution < -0.4 is 14.8 Å². The second-order valence-electron chi connectivity index (χ2n) is 7.51. The average molecular weight is 481 g/mol. The third-order valence-corrected chi connectivity index (χ3v) is 7.06. The number of likely N-dealkylation sites (N-methyl/N-ethyl adjacent to an activating group) is 1. The van der Waals surface area contributed by atoms with Gasteiger partial charge in [-0.15, -0.1) is 0 Å². The number of carbonyl (C=O) groups is 1. The summed E-state index contributed by atoms with van der Waals surface area (Å²) in [6.45, 7) is -0.381. The van der Waals surface area contributed by atoms with Gasteiger partial charge in [0, 0.05) is 18.7 Å². The van der Waals surface area contributed by atoms with Crippen LogP contribution in [-0.4, -0.2) is 56.4 Å². The van der Waals surface area contributed by atoms with Gasteiger partial charge in [-0.3, -0.25) is 4.79 Å². The summed E-state index contributed by atoms with van der Waals surface area (Å²) in [5.74, 6) is 1.10. The van der Waals surface area contributed by atoms with Gasteiger partial charge in [-0.25, -0.2) is 13.4 Å². The topological polar surface area (TPSA) is 114 Å². The fourth-order valence-electron chi connectivity index (χ4n) is 3.44. The molecule has 0 spiro atoms. The Bertz CT molecular complexity index is 1430. The number of anilines is 1. The van der Waals surface area contributed by atoms with E-state index in [9.17, 15) is 13.2 Å². The molecule has 0 radical (unpaired) electrons. The predicted molar refractivity (Wildman–Crippen MR) is 130 cm³/mol. The standard InChI is InChI=1S/C24H24N4O5S/c1-28(15-23(29)25-20-11-9-17(32-2)13-22(20)33-3)34(30,31)18-10-12-19-21(14-18)27-24(26-19)16-7-5-4-6-8-16/h4-14H,15H2,1-3H3,(H,25,29)(H,26,27). The first-order chi connectivity index (χ1) is 16.3. The maximum Gasteiger partial charge on any atom is 0.243 e. The Balaban J connectivity index is 1.51. The molecular weight excluding hydrogens is 456 g/mol. The fourth-order valence-corrected chi connectivity index (χ4v) is 4.59. The first kappa shape index (κ1) is 23.3. The molecule has 0 aliphatic rings. The minimum atomic E-state index is -3.93. The van der Waals surface area contributed by atoms with E-state index in [4.69, 9.17) is 9.47 Å². The number of carbonyl (C=O) groups excluding carboxylic acids is 1. The zero-order chi connectivity index (χ0) is 24.3. The summed E-state index contributed by atoms with van der Waals surface area (Å²) in [7, 11) is 0.420. The van der Waals surface area contributed by atoms with Crippen LogP contribution in [0, 0.1) is 0 Å². The quantitative estimate of drug-likeness (QED) is 0.399. The van der Waals surface area contributed by atoms with Gasteiger partial charge in [0.05, 0.1) is 42.4 Å². The molecule has 2 N–H and O–H groups in total. The van der Waals surface area contributed by atoms with Gasteiger partial charge < -0.3 is 19.8 Å². The van der Waals surface area contributed by atoms with Crippen LogP contribution in [0.4, 0.5) is 5.69 Å². The van der Waals surface area contributed by atoms with Gasteiger partial charge in [-0.2, -0.15) is 4.31 Å². The van der Waals surface area contributed by atoms with Crippen molar-refractivity contribution >= 4 is 32.7 Å². The molecule has 1 aromatic heterocycles. The Morgan fingerprint density at radius 1 is 1.03 bits per heavy atom. The lowest BCUT2D eigenvalue weighted by Gasteiger charge is -2.18. The molecule has 3 aromatic carbocycles. The van der Waals surface area contributed by atoms with Crippen molar-refractivity contribution in [2.24, 2.45) is 0 Å². The summed E-state index contributed by atoms with van der Waals surface area (Å²) < 4.78 is 37.6. The lowest BCUT2D eigenvalue weighted by atomic mass is 10.2. The van der Waals surface area contributed by atoms with E-state index in [0.717, 1.165) is 9.87 Å². The molecule has 0 atom stereocenters. The van der Waals surface area contributed by atoms with Crippen molar-refractivity contribution in [3.8, 4) is 22.9 Å². The molecule has 0 aliphatic heterocycles. The van der Waals surface area contributed by atoms with E-state index in [2.05, 4.69) is 15.3 Å². The van der Waals surface area contributed by atoms with Crippen LogP contribution in [0.1, 0.15) is 0 Å². The van der Waals surface area contributed by atoms with Gasteiger partial charge in [0.1, 0.15) is 17.3 Å².